The molecule has 0 bridgehead atoms. The lowest BCUT2D eigenvalue weighted by Crippen LogP contribution is -2.17. The second-order valence-electron chi connectivity index (χ2n) is 3.17. The molecule has 1 heterocycles. The van der Waals surface area contributed by atoms with Crippen LogP contribution in [-0.2, 0) is 9.84 Å². The summed E-state index contributed by atoms with van der Waals surface area (Å²) >= 11 is 0. The Balaban J connectivity index is 2.86. The third-order valence-electron chi connectivity index (χ3n) is 2.15. The zero-order valence-electron chi connectivity index (χ0n) is 8.08. The Morgan fingerprint density at radius 1 is 1.25 bits per heavy atom. The van der Waals surface area contributed by atoms with Crippen molar-refractivity contribution in [1.29, 1.82) is 0 Å². The molecule has 0 fully saturated rings. The number of aliphatic hydroxyl groups excluding tert-OH is 1. The van der Waals surface area contributed by atoms with Crippen LogP contribution in [0.25, 0.3) is 11.0 Å². The molecule has 84 valence electrons. The molecule has 2 rings (SSSR count). The molecule has 1 aromatic heterocycles. The molecule has 16 heavy (non-hydrogen) atoms. The van der Waals surface area contributed by atoms with E-state index in [1.54, 1.807) is 18.2 Å². The van der Waals surface area contributed by atoms with Gasteiger partial charge in [-0.1, -0.05) is 12.1 Å². The van der Waals surface area contributed by atoms with Gasteiger partial charge in [0, 0.05) is 0 Å². The summed E-state index contributed by atoms with van der Waals surface area (Å²) in [5.74, 6) is -1.11. The van der Waals surface area contributed by atoms with Crippen LogP contribution in [0.1, 0.15) is 0 Å². The Morgan fingerprint density at radius 3 is 2.62 bits per heavy atom. The number of rotatable bonds is 2. The van der Waals surface area contributed by atoms with Crippen LogP contribution < -0.4 is 5.43 Å². The molecule has 0 saturated carbocycles. The quantitative estimate of drug-likeness (QED) is 0.827. The number of para-hydroxylation sites is 1. The second kappa shape index (κ2) is 3.73. The minimum Gasteiger partial charge on any atom is -0.463 e. The van der Waals surface area contributed by atoms with E-state index in [-0.39, 0.29) is 5.39 Å². The van der Waals surface area contributed by atoms with Gasteiger partial charge in [0.1, 0.15) is 17.8 Å². The molecule has 0 aliphatic carbocycles. The Morgan fingerprint density at radius 2 is 1.94 bits per heavy atom. The Bertz CT molecular complexity index is 684. The van der Waals surface area contributed by atoms with Gasteiger partial charge in [0.05, 0.1) is 5.39 Å². The van der Waals surface area contributed by atoms with Crippen molar-refractivity contribution in [1.82, 2.24) is 0 Å². The molecule has 0 aliphatic heterocycles. The average molecular weight is 240 g/mol. The fraction of sp³-hybridized carbons (Fsp3) is 0.100. The van der Waals surface area contributed by atoms with Gasteiger partial charge in [-0.15, -0.1) is 0 Å². The van der Waals surface area contributed by atoms with Crippen molar-refractivity contribution in [3.63, 3.8) is 0 Å². The summed E-state index contributed by atoms with van der Waals surface area (Å²) in [5.41, 5.74) is -0.347. The largest absolute Gasteiger partial charge is 0.463 e. The van der Waals surface area contributed by atoms with Gasteiger partial charge in [-0.3, -0.25) is 4.79 Å². The second-order valence-corrected chi connectivity index (χ2v) is 5.10. The molecular formula is C10H8O5S. The summed E-state index contributed by atoms with van der Waals surface area (Å²) in [5, 5.41) is 8.85. The van der Waals surface area contributed by atoms with E-state index in [9.17, 15) is 13.2 Å². The monoisotopic (exact) mass is 240 g/mol. The van der Waals surface area contributed by atoms with Crippen molar-refractivity contribution >= 4 is 20.8 Å². The van der Waals surface area contributed by atoms with Gasteiger partial charge in [0.15, 0.2) is 4.90 Å². The first-order valence-electron chi connectivity index (χ1n) is 4.40. The van der Waals surface area contributed by atoms with Gasteiger partial charge in [-0.05, 0) is 12.1 Å². The molecule has 1 N–H and O–H groups in total. The first-order valence-corrected chi connectivity index (χ1v) is 6.05. The lowest BCUT2D eigenvalue weighted by molar-refractivity contribution is 0.358. The van der Waals surface area contributed by atoms with Crippen LogP contribution >= 0.6 is 0 Å². The van der Waals surface area contributed by atoms with Crippen molar-refractivity contribution in [2.75, 3.05) is 5.94 Å². The van der Waals surface area contributed by atoms with Gasteiger partial charge < -0.3 is 9.52 Å². The van der Waals surface area contributed by atoms with E-state index in [4.69, 9.17) is 9.52 Å². The lowest BCUT2D eigenvalue weighted by atomic mass is 10.2. The SMILES string of the molecule is O=c1c(S(=O)(=O)CO)coc2ccccc12. The van der Waals surface area contributed by atoms with Crippen LogP contribution in [0.4, 0.5) is 0 Å². The summed E-state index contributed by atoms with van der Waals surface area (Å²) < 4.78 is 27.7. The van der Waals surface area contributed by atoms with Crippen molar-refractivity contribution in [3.8, 4) is 0 Å². The number of sulfone groups is 1. The zero-order chi connectivity index (χ0) is 11.8. The molecule has 2 aromatic rings. The lowest BCUT2D eigenvalue weighted by Gasteiger charge is -2.00. The maximum Gasteiger partial charge on any atom is 0.211 e. The summed E-state index contributed by atoms with van der Waals surface area (Å²) in [7, 11) is -3.97. The van der Waals surface area contributed by atoms with Crippen LogP contribution in [-0.4, -0.2) is 19.5 Å². The first-order chi connectivity index (χ1) is 7.56. The molecule has 0 atom stereocenters. The first kappa shape index (κ1) is 10.8. The topological polar surface area (TPSA) is 84.6 Å². The van der Waals surface area contributed by atoms with E-state index < -0.39 is 26.1 Å². The molecule has 6 heteroatoms. The van der Waals surface area contributed by atoms with Gasteiger partial charge in [0.25, 0.3) is 0 Å². The number of hydrogen-bond donors (Lipinski definition) is 1. The highest BCUT2D eigenvalue weighted by molar-refractivity contribution is 7.91. The van der Waals surface area contributed by atoms with Crippen LogP contribution in [0.15, 0.2) is 44.6 Å². The van der Waals surface area contributed by atoms with Crippen molar-refractivity contribution in [3.05, 3.63) is 40.8 Å². The molecule has 0 saturated heterocycles. The van der Waals surface area contributed by atoms with Crippen LogP contribution in [0.5, 0.6) is 0 Å². The minimum absolute atomic E-state index is 0.178. The van der Waals surface area contributed by atoms with Gasteiger partial charge >= 0.3 is 0 Å². The van der Waals surface area contributed by atoms with Crippen LogP contribution in [0.3, 0.4) is 0 Å². The predicted molar refractivity (Wildman–Crippen MR) is 56.8 cm³/mol. The molecule has 0 unspecified atom stereocenters. The van der Waals surface area contributed by atoms with E-state index in [2.05, 4.69) is 0 Å². The van der Waals surface area contributed by atoms with E-state index >= 15 is 0 Å². The standard InChI is InChI=1S/C10H8O5S/c11-6-16(13,14)9-5-15-8-4-2-1-3-7(8)10(9)12/h1-5,11H,6H2. The number of fused-ring (bicyclic) bond motifs is 1. The maximum absolute atomic E-state index is 11.8. The molecular weight excluding hydrogens is 232 g/mol. The van der Waals surface area contributed by atoms with Gasteiger partial charge in [0.2, 0.25) is 15.3 Å². The fourth-order valence-corrected chi connectivity index (χ4v) is 2.07. The molecule has 0 spiro atoms. The van der Waals surface area contributed by atoms with Crippen LogP contribution in [0.2, 0.25) is 0 Å². The van der Waals surface area contributed by atoms with E-state index in [1.807, 2.05) is 0 Å². The zero-order valence-corrected chi connectivity index (χ0v) is 8.90. The molecule has 1 aromatic carbocycles. The highest BCUT2D eigenvalue weighted by Crippen LogP contribution is 2.13. The smallest absolute Gasteiger partial charge is 0.211 e. The van der Waals surface area contributed by atoms with E-state index in [0.29, 0.717) is 5.58 Å². The molecule has 0 radical (unpaired) electrons. The van der Waals surface area contributed by atoms with E-state index in [1.165, 1.54) is 6.07 Å². The van der Waals surface area contributed by atoms with Crippen LogP contribution in [0, 0.1) is 0 Å². The maximum atomic E-state index is 11.8. The Hall–Kier alpha value is -1.66. The summed E-state index contributed by atoms with van der Waals surface area (Å²) in [6.07, 6.45) is 0.857. The van der Waals surface area contributed by atoms with Crippen molar-refractivity contribution in [2.45, 2.75) is 4.90 Å². The summed E-state index contributed by atoms with van der Waals surface area (Å²) in [4.78, 5) is 11.3. The van der Waals surface area contributed by atoms with Crippen molar-refractivity contribution in [2.24, 2.45) is 0 Å². The van der Waals surface area contributed by atoms with Gasteiger partial charge in [-0.2, -0.15) is 0 Å². The average Bonchev–Trinajstić information content (AvgIpc) is 2.29. The van der Waals surface area contributed by atoms with Gasteiger partial charge in [-0.25, -0.2) is 8.42 Å². The number of aliphatic hydroxyl groups is 1. The number of benzene rings is 1. The molecule has 0 aliphatic rings. The summed E-state index contributed by atoms with van der Waals surface area (Å²) in [6.45, 7) is 0. The normalized spacial score (nSPS) is 11.8. The third-order valence-corrected chi connectivity index (χ3v) is 3.45. The molecule has 0 amide bonds. The Labute approximate surface area is 90.9 Å². The number of hydrogen-bond acceptors (Lipinski definition) is 5. The third kappa shape index (κ3) is 1.62. The van der Waals surface area contributed by atoms with Crippen molar-refractivity contribution < 1.29 is 17.9 Å². The predicted octanol–water partition coefficient (Wildman–Crippen LogP) is 0.517. The highest BCUT2D eigenvalue weighted by Gasteiger charge is 2.19. The summed E-state index contributed by atoms with van der Waals surface area (Å²) in [6, 6.07) is 6.31. The highest BCUT2D eigenvalue weighted by atomic mass is 32.2. The Kier molecular flexibility index (Phi) is 2.53. The molecule has 5 nitrogen and oxygen atoms in total. The minimum atomic E-state index is -3.97. The fourth-order valence-electron chi connectivity index (χ4n) is 1.34. The van der Waals surface area contributed by atoms with E-state index in [0.717, 1.165) is 6.26 Å².